The van der Waals surface area contributed by atoms with Crippen LogP contribution in [0.3, 0.4) is 0 Å². The molecule has 7 rings (SSSR count). The van der Waals surface area contributed by atoms with Crippen molar-refractivity contribution in [3.05, 3.63) is 84.4 Å². The molecular weight excluding hydrogens is 923 g/mol. The average Bonchev–Trinajstić information content (AvgIpc) is 3.24. The van der Waals surface area contributed by atoms with Gasteiger partial charge in [0.05, 0.1) is 48.7 Å². The third kappa shape index (κ3) is 11.0. The number of fused-ring (bicyclic) bond motifs is 3. The molecule has 20 nitrogen and oxygen atoms in total. The number of benzene rings is 2. The quantitative estimate of drug-likeness (QED) is 0.0618. The van der Waals surface area contributed by atoms with Crippen LogP contribution in [0.4, 0.5) is 4.39 Å². The molecule has 10 N–H and O–H groups in total. The average molecular weight is 971 g/mol. The van der Waals surface area contributed by atoms with Gasteiger partial charge in [0, 0.05) is 79.6 Å². The van der Waals surface area contributed by atoms with Gasteiger partial charge in [-0.2, -0.15) is 4.39 Å². The van der Waals surface area contributed by atoms with Gasteiger partial charge in [0.15, 0.2) is 17.9 Å². The first-order valence-electron chi connectivity index (χ1n) is 19.2. The zero-order valence-electron chi connectivity index (χ0n) is 33.8. The molecule has 2 aromatic carbocycles. The zero-order chi connectivity index (χ0) is 45.7. The third-order valence-electron chi connectivity index (χ3n) is 10.5. The van der Waals surface area contributed by atoms with Crippen LogP contribution in [0.5, 0.6) is 17.2 Å². The molecule has 2 saturated heterocycles. The van der Waals surface area contributed by atoms with Gasteiger partial charge >= 0.3 is 13.4 Å². The van der Waals surface area contributed by atoms with Gasteiger partial charge in [-0.3, -0.25) is 28.7 Å². The van der Waals surface area contributed by atoms with E-state index in [-0.39, 0.29) is 46.8 Å². The van der Waals surface area contributed by atoms with E-state index in [0.717, 1.165) is 13.0 Å². The largest absolute Gasteiger partial charge is 0.507 e. The molecule has 0 spiro atoms. The number of aliphatic hydroxyl groups is 3. The summed E-state index contributed by atoms with van der Waals surface area (Å²) >= 11 is 11.2. The van der Waals surface area contributed by atoms with Crippen molar-refractivity contribution in [3.8, 4) is 17.2 Å². The number of phenolic OH excluding ortho intramolecular Hbond substituents is 2. The van der Waals surface area contributed by atoms with Crippen molar-refractivity contribution in [1.29, 1.82) is 0 Å². The number of carbonyl (C=O) groups is 3. The number of ether oxygens (including phenoxy) is 3. The van der Waals surface area contributed by atoms with Crippen LogP contribution in [0.2, 0.25) is 0 Å². The molecule has 25 heteroatoms. The van der Waals surface area contributed by atoms with Crippen LogP contribution in [0.15, 0.2) is 34.0 Å². The predicted molar refractivity (Wildman–Crippen MR) is 226 cm³/mol. The Labute approximate surface area is 374 Å². The van der Waals surface area contributed by atoms with E-state index < -0.39 is 120 Å². The van der Waals surface area contributed by atoms with Crippen molar-refractivity contribution in [3.63, 3.8) is 0 Å². The van der Waals surface area contributed by atoms with Gasteiger partial charge in [-0.25, -0.2) is 14.6 Å². The minimum atomic E-state index is -2.84. The first-order chi connectivity index (χ1) is 29.4. The number of hydrogen-bond donors (Lipinski definition) is 9. The van der Waals surface area contributed by atoms with E-state index in [4.69, 9.17) is 47.7 Å². The number of methoxy groups -OCH3 is 1. The maximum atomic E-state index is 13.6. The number of rotatable bonds is 10. The molecule has 1 aromatic heterocycles. The molecule has 0 saturated carbocycles. The fourth-order valence-corrected chi connectivity index (χ4v) is 10.1. The lowest BCUT2D eigenvalue weighted by Gasteiger charge is -2.42. The molecule has 7 atom stereocenters. The van der Waals surface area contributed by atoms with Crippen LogP contribution in [-0.4, -0.2) is 139 Å². The molecule has 1 unspecified atom stereocenters. The summed E-state index contributed by atoms with van der Waals surface area (Å²) in [5.74, 6) is -3.92. The predicted octanol–water partition coefficient (Wildman–Crippen LogP) is 1.51. The highest BCUT2D eigenvalue weighted by Crippen LogP contribution is 2.53. The summed E-state index contributed by atoms with van der Waals surface area (Å²) < 4.78 is 48.2. The Bertz CT molecular complexity index is 2310. The lowest BCUT2D eigenvalue weighted by atomic mass is 9.72. The molecule has 348 valence electrons. The van der Waals surface area contributed by atoms with Crippen molar-refractivity contribution in [2.24, 2.45) is 5.73 Å². The highest BCUT2D eigenvalue weighted by molar-refractivity contribution is 7.54. The van der Waals surface area contributed by atoms with Gasteiger partial charge in [0.2, 0.25) is 11.6 Å². The second-order valence-corrected chi connectivity index (χ2v) is 17.5. The summed E-state index contributed by atoms with van der Waals surface area (Å²) in [7, 11) is -1.52. The van der Waals surface area contributed by atoms with Crippen LogP contribution in [0.1, 0.15) is 75.3 Å². The molecule has 2 aliphatic carbocycles. The van der Waals surface area contributed by atoms with Crippen molar-refractivity contribution < 1.29 is 67.6 Å². The van der Waals surface area contributed by atoms with E-state index in [1.54, 1.807) is 16.6 Å². The number of nitrogens with zero attached hydrogens (tertiary/aromatic N) is 1. The number of hydrogen-bond acceptors (Lipinski definition) is 16. The summed E-state index contributed by atoms with van der Waals surface area (Å²) in [6, 6.07) is 3.64. The smallest absolute Gasteiger partial charge is 0.343 e. The zero-order valence-corrected chi connectivity index (χ0v) is 37.0. The maximum Gasteiger partial charge on any atom is 0.343 e. The number of nitrogens with two attached hydrogens (primary N) is 1. The maximum absolute atomic E-state index is 13.6. The van der Waals surface area contributed by atoms with Crippen molar-refractivity contribution >= 4 is 60.6 Å². The standard InChI is InChI=1S/C27H29NO11.C7H15Cl2N2O2P.C4H3FN2O2.ClH/c1-10-22(31)13(28)6-17(38-10)39-15-8-27(36,16(30)9-29)7-12-19(15)26(35)21-20(24(12)33)23(32)11-4-3-5-14(37-2)18(11)25(21)34;8-2-5-11(6-3-9)14(12)10-4-1-7-13-14;5-2-1-6-4(9)7-3(2)8;/h3-5,10,13,15,17,22,29,31,33,35-36H,6-9,28H2,1-2H3;1-7H2,(H,10,12);1H,(H2,6,7,8,9);1H/t10-,13-,15-,17-,22+,27-;;;/m0.../s1. The first-order valence-corrected chi connectivity index (χ1v) is 21.8. The first kappa shape index (κ1) is 51.8. The number of aromatic amines is 2. The molecule has 3 heterocycles. The van der Waals surface area contributed by atoms with E-state index in [2.05, 4.69) is 5.09 Å². The monoisotopic (exact) mass is 969 g/mol. The minimum absolute atomic E-state index is 0. The van der Waals surface area contributed by atoms with Crippen molar-refractivity contribution in [1.82, 2.24) is 19.7 Å². The highest BCUT2D eigenvalue weighted by atomic mass is 35.5. The molecule has 0 radical (unpaired) electrons. The minimum Gasteiger partial charge on any atom is -0.507 e. The molecule has 2 aliphatic heterocycles. The van der Waals surface area contributed by atoms with Crippen LogP contribution in [-0.2, 0) is 29.8 Å². The number of alkyl halides is 2. The molecular formula is C38H48Cl3FN5O15P. The number of H-pyrrole nitrogens is 2. The van der Waals surface area contributed by atoms with E-state index >= 15 is 0 Å². The summed E-state index contributed by atoms with van der Waals surface area (Å²) in [4.78, 5) is 63.7. The van der Waals surface area contributed by atoms with Gasteiger partial charge < -0.3 is 55.0 Å². The Morgan fingerprint density at radius 2 is 1.76 bits per heavy atom. The van der Waals surface area contributed by atoms with Gasteiger partial charge in [-0.1, -0.05) is 12.1 Å². The number of nitrogens with one attached hydrogen (secondary N) is 3. The van der Waals surface area contributed by atoms with Crippen molar-refractivity contribution in [2.45, 2.75) is 68.9 Å². The lowest BCUT2D eigenvalue weighted by Crippen LogP contribution is -2.53. The number of ketones is 3. The topological polar surface area (TPSA) is 313 Å². The lowest BCUT2D eigenvalue weighted by molar-refractivity contribution is -0.247. The summed E-state index contributed by atoms with van der Waals surface area (Å²) in [5.41, 5.74) is 0.666. The highest BCUT2D eigenvalue weighted by Gasteiger charge is 2.50. The Morgan fingerprint density at radius 3 is 2.32 bits per heavy atom. The molecule has 4 aliphatic rings. The van der Waals surface area contributed by atoms with Gasteiger partial charge in [-0.15, -0.1) is 35.6 Å². The van der Waals surface area contributed by atoms with E-state index in [1.165, 1.54) is 25.3 Å². The molecule has 0 amide bonds. The summed E-state index contributed by atoms with van der Waals surface area (Å²) in [6.45, 7) is 2.87. The third-order valence-corrected chi connectivity index (χ3v) is 13.2. The van der Waals surface area contributed by atoms with Crippen molar-refractivity contribution in [2.75, 3.05) is 51.7 Å². The number of aliphatic hydroxyl groups excluding tert-OH is 2. The van der Waals surface area contributed by atoms with Gasteiger partial charge in [-0.05, 0) is 19.4 Å². The van der Waals surface area contributed by atoms with E-state index in [9.17, 15) is 58.5 Å². The normalized spacial score (nSPS) is 26.1. The molecule has 63 heavy (non-hydrogen) atoms. The SMILES string of the molecule is COc1cccc2c1C(=O)c1c(O)c3c(c(O)c1C2=O)C[C@@](O)(C(=O)CO)C[C@@H]3O[C@H]1C[C@H](N)[C@H](O)[C@H](C)O1.Cl.O=P1(N(CCCl)CCCl)NCCCO1.O=c1[nH]cc(F)c(=O)[nH]1. The number of Topliss-reactive ketones (excluding diaryl/α,β-unsaturated/α-hetero) is 1. The number of phenols is 2. The molecule has 0 bridgehead atoms. The number of aromatic hydroxyl groups is 2. The summed E-state index contributed by atoms with van der Waals surface area (Å²) in [6.07, 6.45) is -3.52. The van der Waals surface area contributed by atoms with Crippen LogP contribution in [0, 0.1) is 5.82 Å². The number of carbonyl (C=O) groups excluding carboxylic acids is 3. The van der Waals surface area contributed by atoms with Gasteiger partial charge in [0.25, 0.3) is 5.56 Å². The molecule has 2 fully saturated rings. The Balaban J connectivity index is 0.000000296. The summed E-state index contributed by atoms with van der Waals surface area (Å²) in [5, 5.41) is 56.6. The second kappa shape index (κ2) is 21.9. The van der Waals surface area contributed by atoms with Crippen LogP contribution < -0.4 is 26.8 Å². The van der Waals surface area contributed by atoms with E-state index in [0.29, 0.717) is 37.7 Å². The number of halogens is 4. The Kier molecular flexibility index (Phi) is 18.0. The number of aromatic nitrogens is 2. The Morgan fingerprint density at radius 1 is 1.10 bits per heavy atom. The van der Waals surface area contributed by atoms with Gasteiger partial charge in [0.1, 0.15) is 29.5 Å². The Hall–Kier alpha value is -3.80. The van der Waals surface area contributed by atoms with E-state index in [1.807, 2.05) is 4.98 Å². The fourth-order valence-electron chi connectivity index (χ4n) is 7.42. The molecule has 3 aromatic rings. The van der Waals surface area contributed by atoms with Crippen LogP contribution >= 0.6 is 43.3 Å². The fraction of sp³-hybridized carbons (Fsp3) is 0.500. The van der Waals surface area contributed by atoms with Crippen LogP contribution in [0.25, 0.3) is 0 Å². The second-order valence-electron chi connectivity index (χ2n) is 14.5.